The van der Waals surface area contributed by atoms with Crippen molar-refractivity contribution < 1.29 is 24.5 Å². The summed E-state index contributed by atoms with van der Waals surface area (Å²) in [5.74, 6) is -0.520. The van der Waals surface area contributed by atoms with Crippen LogP contribution in [-0.2, 0) is 14.3 Å². The standard InChI is InChI=1S/C59H107NO5/c1-4-7-10-13-16-19-22-25-28-31-33-36-39-42-45-48-51-57(62)56(54-61)60-58(63)53-55(50-47-44-41-38-35-32-29-26-23-20-17-14-11-8-5-2)65-59(64)52-49-46-43-40-37-34-30-27-24-21-18-15-12-9-6-3/h17-18,20-21,24,26-27,29,35,38,55-57,61-62H,4-16,19,22-23,25,28,30-34,36-37,39-54H2,1-3H3,(H,60,63)/b20-17-,21-18+,27-24+,29-26-,38-35-. The van der Waals surface area contributed by atoms with E-state index < -0.39 is 18.2 Å². The Morgan fingerprint density at radius 1 is 0.462 bits per heavy atom. The number of unbranched alkanes of at least 4 members (excludes halogenated alkanes) is 29. The van der Waals surface area contributed by atoms with Gasteiger partial charge in [-0.2, -0.15) is 0 Å². The summed E-state index contributed by atoms with van der Waals surface area (Å²) in [4.78, 5) is 26.2. The third kappa shape index (κ3) is 47.8. The van der Waals surface area contributed by atoms with E-state index in [1.54, 1.807) is 0 Å². The van der Waals surface area contributed by atoms with Crippen LogP contribution in [0.4, 0.5) is 0 Å². The summed E-state index contributed by atoms with van der Waals surface area (Å²) in [6, 6.07) is -0.718. The fourth-order valence-corrected chi connectivity index (χ4v) is 8.31. The second-order valence-electron chi connectivity index (χ2n) is 19.0. The molecule has 378 valence electrons. The van der Waals surface area contributed by atoms with Crippen molar-refractivity contribution in [2.75, 3.05) is 6.61 Å². The van der Waals surface area contributed by atoms with Crippen molar-refractivity contribution in [3.63, 3.8) is 0 Å². The van der Waals surface area contributed by atoms with Crippen molar-refractivity contribution in [3.05, 3.63) is 60.8 Å². The van der Waals surface area contributed by atoms with Gasteiger partial charge in [-0.15, -0.1) is 0 Å². The highest BCUT2D eigenvalue weighted by Gasteiger charge is 2.24. The maximum atomic E-state index is 13.2. The molecule has 0 aliphatic carbocycles. The minimum absolute atomic E-state index is 0.0464. The van der Waals surface area contributed by atoms with Crippen LogP contribution in [0.15, 0.2) is 60.8 Å². The summed E-state index contributed by atoms with van der Waals surface area (Å²) in [6.45, 7) is 6.43. The normalized spacial score (nSPS) is 13.6. The lowest BCUT2D eigenvalue weighted by molar-refractivity contribution is -0.151. The molecule has 65 heavy (non-hydrogen) atoms. The van der Waals surface area contributed by atoms with Crippen LogP contribution >= 0.6 is 0 Å². The van der Waals surface area contributed by atoms with Crippen molar-refractivity contribution in [3.8, 4) is 0 Å². The number of esters is 1. The molecule has 3 N–H and O–H groups in total. The van der Waals surface area contributed by atoms with E-state index in [1.165, 1.54) is 154 Å². The van der Waals surface area contributed by atoms with Crippen molar-refractivity contribution in [2.45, 2.75) is 296 Å². The minimum atomic E-state index is -0.802. The Balaban J connectivity index is 4.62. The van der Waals surface area contributed by atoms with Gasteiger partial charge in [-0.3, -0.25) is 9.59 Å². The Bertz CT molecular complexity index is 1160. The highest BCUT2D eigenvalue weighted by Crippen LogP contribution is 2.18. The number of ether oxygens (including phenoxy) is 1. The number of hydrogen-bond donors (Lipinski definition) is 3. The van der Waals surface area contributed by atoms with Crippen molar-refractivity contribution in [1.29, 1.82) is 0 Å². The molecule has 6 heteroatoms. The van der Waals surface area contributed by atoms with Crippen LogP contribution in [0.3, 0.4) is 0 Å². The zero-order chi connectivity index (χ0) is 47.4. The van der Waals surface area contributed by atoms with Gasteiger partial charge in [-0.05, 0) is 89.9 Å². The van der Waals surface area contributed by atoms with E-state index in [0.717, 1.165) is 77.0 Å². The fraction of sp³-hybridized carbons (Fsp3) is 0.797. The predicted octanol–water partition coefficient (Wildman–Crippen LogP) is 17.2. The number of nitrogens with one attached hydrogen (secondary N) is 1. The molecule has 0 saturated heterocycles. The monoisotopic (exact) mass is 910 g/mol. The smallest absolute Gasteiger partial charge is 0.306 e. The van der Waals surface area contributed by atoms with Gasteiger partial charge >= 0.3 is 5.97 Å². The molecule has 0 heterocycles. The average molecular weight is 911 g/mol. The van der Waals surface area contributed by atoms with Crippen LogP contribution in [-0.4, -0.2) is 46.9 Å². The molecule has 0 rings (SSSR count). The number of rotatable bonds is 50. The molecule has 0 bridgehead atoms. The quantitative estimate of drug-likeness (QED) is 0.0245. The van der Waals surface area contributed by atoms with E-state index >= 15 is 0 Å². The van der Waals surface area contributed by atoms with E-state index in [4.69, 9.17) is 4.74 Å². The number of allylic oxidation sites excluding steroid dienone is 10. The number of aliphatic hydroxyl groups excluding tert-OH is 2. The summed E-state index contributed by atoms with van der Waals surface area (Å²) in [5.41, 5.74) is 0. The molecule has 0 aromatic carbocycles. The summed E-state index contributed by atoms with van der Waals surface area (Å²) in [6.07, 6.45) is 65.6. The molecule has 0 spiro atoms. The Hall–Kier alpha value is -2.44. The average Bonchev–Trinajstić information content (AvgIpc) is 3.30. The molecule has 0 saturated carbocycles. The number of hydrogen-bond acceptors (Lipinski definition) is 5. The Kier molecular flexibility index (Phi) is 50.6. The summed E-state index contributed by atoms with van der Waals surface area (Å²) in [7, 11) is 0. The largest absolute Gasteiger partial charge is 0.462 e. The van der Waals surface area contributed by atoms with Gasteiger partial charge in [0, 0.05) is 6.42 Å². The van der Waals surface area contributed by atoms with Gasteiger partial charge < -0.3 is 20.3 Å². The second kappa shape index (κ2) is 52.5. The maximum absolute atomic E-state index is 13.2. The Morgan fingerprint density at radius 2 is 0.831 bits per heavy atom. The van der Waals surface area contributed by atoms with E-state index in [-0.39, 0.29) is 24.9 Å². The van der Waals surface area contributed by atoms with Gasteiger partial charge in [0.05, 0.1) is 25.2 Å². The second-order valence-corrected chi connectivity index (χ2v) is 19.0. The van der Waals surface area contributed by atoms with E-state index in [2.05, 4.69) is 86.8 Å². The van der Waals surface area contributed by atoms with Crippen LogP contribution in [0.1, 0.15) is 278 Å². The summed E-state index contributed by atoms with van der Waals surface area (Å²) in [5, 5.41) is 23.9. The first-order valence-electron chi connectivity index (χ1n) is 28.0. The summed E-state index contributed by atoms with van der Waals surface area (Å²) >= 11 is 0. The van der Waals surface area contributed by atoms with Gasteiger partial charge in [0.25, 0.3) is 0 Å². The van der Waals surface area contributed by atoms with Gasteiger partial charge in [0.15, 0.2) is 0 Å². The van der Waals surface area contributed by atoms with Crippen LogP contribution in [0.25, 0.3) is 0 Å². The topological polar surface area (TPSA) is 95.9 Å². The minimum Gasteiger partial charge on any atom is -0.462 e. The van der Waals surface area contributed by atoms with Crippen molar-refractivity contribution in [2.24, 2.45) is 0 Å². The number of amides is 1. The SMILES string of the molecule is CCCCC/C=C\C/C=C\C/C=C\CCCCC(CC(=O)NC(CO)C(O)CCCCCCCCCCCCCCCCCC)OC(=O)CCCCCCCC/C=C/C=C/CCCCC. The third-order valence-electron chi connectivity index (χ3n) is 12.6. The van der Waals surface area contributed by atoms with Gasteiger partial charge in [0.1, 0.15) is 6.10 Å². The molecule has 6 nitrogen and oxygen atoms in total. The zero-order valence-electron chi connectivity index (χ0n) is 43.1. The molecule has 3 unspecified atom stereocenters. The van der Waals surface area contributed by atoms with Crippen molar-refractivity contribution >= 4 is 11.9 Å². The van der Waals surface area contributed by atoms with Gasteiger partial charge in [-0.1, -0.05) is 236 Å². The molecular formula is C59H107NO5. The summed E-state index contributed by atoms with van der Waals surface area (Å²) < 4.78 is 5.93. The zero-order valence-corrected chi connectivity index (χ0v) is 43.1. The Morgan fingerprint density at radius 3 is 1.32 bits per heavy atom. The third-order valence-corrected chi connectivity index (χ3v) is 12.6. The highest BCUT2D eigenvalue weighted by atomic mass is 16.5. The van der Waals surface area contributed by atoms with Crippen LogP contribution in [0, 0.1) is 0 Å². The lowest BCUT2D eigenvalue weighted by atomic mass is 10.0. The first kappa shape index (κ1) is 62.6. The van der Waals surface area contributed by atoms with Gasteiger partial charge in [-0.25, -0.2) is 0 Å². The lowest BCUT2D eigenvalue weighted by Gasteiger charge is -2.24. The molecule has 1 amide bonds. The fourth-order valence-electron chi connectivity index (χ4n) is 8.31. The first-order chi connectivity index (χ1) is 32.0. The lowest BCUT2D eigenvalue weighted by Crippen LogP contribution is -2.46. The maximum Gasteiger partial charge on any atom is 0.306 e. The molecule has 0 aromatic heterocycles. The molecule has 3 atom stereocenters. The van der Waals surface area contributed by atoms with E-state index in [0.29, 0.717) is 19.3 Å². The number of carbonyl (C=O) groups is 2. The predicted molar refractivity (Wildman–Crippen MR) is 282 cm³/mol. The van der Waals surface area contributed by atoms with E-state index in [1.807, 2.05) is 0 Å². The highest BCUT2D eigenvalue weighted by molar-refractivity contribution is 5.77. The molecular weight excluding hydrogens is 803 g/mol. The Labute approximate surface area is 403 Å². The molecule has 0 aliphatic heterocycles. The van der Waals surface area contributed by atoms with Crippen LogP contribution in [0.2, 0.25) is 0 Å². The first-order valence-corrected chi connectivity index (χ1v) is 28.0. The van der Waals surface area contributed by atoms with E-state index in [9.17, 15) is 19.8 Å². The number of carbonyl (C=O) groups excluding carboxylic acids is 2. The molecule has 0 aliphatic rings. The molecule has 0 fully saturated rings. The molecule has 0 aromatic rings. The molecule has 0 radical (unpaired) electrons. The van der Waals surface area contributed by atoms with Crippen LogP contribution in [0.5, 0.6) is 0 Å². The van der Waals surface area contributed by atoms with Crippen molar-refractivity contribution in [1.82, 2.24) is 5.32 Å². The van der Waals surface area contributed by atoms with Gasteiger partial charge in [0.2, 0.25) is 5.91 Å². The van der Waals surface area contributed by atoms with Crippen LogP contribution < -0.4 is 5.32 Å². The number of aliphatic hydroxyl groups is 2.